The molecular formula is C29H29N3O3. The van der Waals surface area contributed by atoms with Crippen molar-refractivity contribution in [3.8, 4) is 0 Å². The van der Waals surface area contributed by atoms with E-state index in [1.165, 1.54) is 21.9 Å². The monoisotopic (exact) mass is 467 g/mol. The van der Waals surface area contributed by atoms with Crippen molar-refractivity contribution >= 4 is 28.5 Å². The quantitative estimate of drug-likeness (QED) is 0.590. The summed E-state index contributed by atoms with van der Waals surface area (Å²) < 4.78 is 0. The molecule has 6 nitrogen and oxygen atoms in total. The molecule has 3 aromatic rings. The van der Waals surface area contributed by atoms with E-state index in [-0.39, 0.29) is 24.1 Å². The van der Waals surface area contributed by atoms with Crippen molar-refractivity contribution in [2.75, 3.05) is 13.1 Å². The molecule has 0 saturated carbocycles. The van der Waals surface area contributed by atoms with Crippen LogP contribution in [-0.2, 0) is 22.7 Å². The maximum absolute atomic E-state index is 13.0. The van der Waals surface area contributed by atoms with Gasteiger partial charge in [0, 0.05) is 25.1 Å². The van der Waals surface area contributed by atoms with Crippen molar-refractivity contribution in [3.63, 3.8) is 0 Å². The van der Waals surface area contributed by atoms with Gasteiger partial charge in [0.25, 0.3) is 5.91 Å². The molecule has 178 valence electrons. The fourth-order valence-electron chi connectivity index (χ4n) is 5.94. The second-order valence-corrected chi connectivity index (χ2v) is 10.0. The van der Waals surface area contributed by atoms with Gasteiger partial charge in [0.15, 0.2) is 0 Å². The molecular weight excluding hydrogens is 438 g/mol. The highest BCUT2D eigenvalue weighted by Gasteiger charge is 2.39. The van der Waals surface area contributed by atoms with Crippen molar-refractivity contribution in [2.24, 2.45) is 0 Å². The van der Waals surface area contributed by atoms with Gasteiger partial charge in [-0.15, -0.1) is 0 Å². The van der Waals surface area contributed by atoms with Crippen molar-refractivity contribution in [3.05, 3.63) is 82.9 Å². The lowest BCUT2D eigenvalue weighted by atomic mass is 9.87. The van der Waals surface area contributed by atoms with E-state index in [0.29, 0.717) is 24.4 Å². The standard InChI is InChI=1S/C29H29N3O3/c33-27-11-10-26(28(34)30-27)32-18-23-16-21(8-9-25(23)29(32)35)19-12-14-31(15-13-19)17-22-6-3-5-20-4-1-2-7-24(20)22/h1-9,16,19,26H,10-15,17-18H2,(H,30,33,34). The number of hydrogen-bond donors (Lipinski definition) is 1. The van der Waals surface area contributed by atoms with E-state index in [2.05, 4.69) is 64.8 Å². The number of nitrogens with zero attached hydrogens (tertiary/aromatic N) is 2. The first-order valence-corrected chi connectivity index (χ1v) is 12.5. The Labute approximate surface area is 204 Å². The van der Waals surface area contributed by atoms with Crippen LogP contribution >= 0.6 is 0 Å². The highest BCUT2D eigenvalue weighted by molar-refractivity contribution is 6.05. The average Bonchev–Trinajstić information content (AvgIpc) is 3.20. The molecule has 6 rings (SSSR count). The first kappa shape index (κ1) is 22.0. The lowest BCUT2D eigenvalue weighted by Crippen LogP contribution is -2.52. The molecule has 35 heavy (non-hydrogen) atoms. The summed E-state index contributed by atoms with van der Waals surface area (Å²) in [5.41, 5.74) is 4.35. The maximum atomic E-state index is 13.0. The van der Waals surface area contributed by atoms with Crippen molar-refractivity contribution in [1.82, 2.24) is 15.1 Å². The normalized spacial score (nSPS) is 21.4. The highest BCUT2D eigenvalue weighted by atomic mass is 16.2. The van der Waals surface area contributed by atoms with Gasteiger partial charge in [-0.25, -0.2) is 0 Å². The van der Waals surface area contributed by atoms with Crippen LogP contribution in [0.3, 0.4) is 0 Å². The van der Waals surface area contributed by atoms with Gasteiger partial charge in [-0.05, 0) is 71.8 Å². The fraction of sp³-hybridized carbons (Fsp3) is 0.345. The Morgan fingerprint density at radius 1 is 0.886 bits per heavy atom. The van der Waals surface area contributed by atoms with Gasteiger partial charge in [0.1, 0.15) is 6.04 Å². The van der Waals surface area contributed by atoms with Crippen molar-refractivity contribution in [1.29, 1.82) is 0 Å². The molecule has 0 aromatic heterocycles. The third-order valence-electron chi connectivity index (χ3n) is 7.88. The van der Waals surface area contributed by atoms with Crippen LogP contribution in [0.1, 0.15) is 58.6 Å². The van der Waals surface area contributed by atoms with Crippen LogP contribution in [0.15, 0.2) is 60.7 Å². The molecule has 1 atom stereocenters. The molecule has 2 saturated heterocycles. The molecule has 3 amide bonds. The molecule has 3 heterocycles. The number of carbonyl (C=O) groups is 3. The van der Waals surface area contributed by atoms with Crippen molar-refractivity contribution in [2.45, 2.75) is 50.7 Å². The topological polar surface area (TPSA) is 69.7 Å². The maximum Gasteiger partial charge on any atom is 0.255 e. The molecule has 0 radical (unpaired) electrons. The molecule has 1 unspecified atom stereocenters. The second kappa shape index (κ2) is 8.93. The largest absolute Gasteiger partial charge is 0.322 e. The number of likely N-dealkylation sites (tertiary alicyclic amines) is 1. The van der Waals surface area contributed by atoms with Gasteiger partial charge in [0.2, 0.25) is 11.8 Å². The van der Waals surface area contributed by atoms with Crippen LogP contribution in [0.2, 0.25) is 0 Å². The lowest BCUT2D eigenvalue weighted by Gasteiger charge is -2.32. The summed E-state index contributed by atoms with van der Waals surface area (Å²) in [6.45, 7) is 3.50. The minimum absolute atomic E-state index is 0.106. The molecule has 6 heteroatoms. The fourth-order valence-corrected chi connectivity index (χ4v) is 5.94. The summed E-state index contributed by atoms with van der Waals surface area (Å²) in [7, 11) is 0. The number of benzene rings is 3. The second-order valence-electron chi connectivity index (χ2n) is 10.0. The molecule has 2 fully saturated rings. The molecule has 0 aliphatic carbocycles. The average molecular weight is 468 g/mol. The van der Waals surface area contributed by atoms with Gasteiger partial charge >= 0.3 is 0 Å². The molecule has 3 aliphatic heterocycles. The first-order valence-electron chi connectivity index (χ1n) is 12.5. The molecule has 0 spiro atoms. The van der Waals surface area contributed by atoms with E-state index in [1.54, 1.807) is 4.90 Å². The third-order valence-corrected chi connectivity index (χ3v) is 7.88. The highest BCUT2D eigenvalue weighted by Crippen LogP contribution is 2.34. The van der Waals surface area contributed by atoms with E-state index in [9.17, 15) is 14.4 Å². The Bertz CT molecular complexity index is 1320. The Hall–Kier alpha value is -3.51. The van der Waals surface area contributed by atoms with E-state index >= 15 is 0 Å². The van der Waals surface area contributed by atoms with E-state index in [0.717, 1.165) is 38.0 Å². The van der Waals surface area contributed by atoms with Crippen LogP contribution in [0.25, 0.3) is 10.8 Å². The summed E-state index contributed by atoms with van der Waals surface area (Å²) in [6.07, 6.45) is 2.86. The minimum atomic E-state index is -0.562. The van der Waals surface area contributed by atoms with Crippen LogP contribution < -0.4 is 5.32 Å². The SMILES string of the molecule is O=C1CCC(N2Cc3cc(C4CCN(Cc5cccc6ccccc56)CC4)ccc3C2=O)C(=O)N1. The number of amides is 3. The molecule has 0 bridgehead atoms. The Kier molecular flexibility index (Phi) is 5.61. The summed E-state index contributed by atoms with van der Waals surface area (Å²) in [6, 6.07) is 20.8. The predicted octanol–water partition coefficient (Wildman–Crippen LogP) is 3.98. The zero-order chi connectivity index (χ0) is 23.9. The van der Waals surface area contributed by atoms with Crippen LogP contribution in [0, 0.1) is 0 Å². The summed E-state index contributed by atoms with van der Waals surface area (Å²) >= 11 is 0. The smallest absolute Gasteiger partial charge is 0.255 e. The van der Waals surface area contributed by atoms with E-state index in [4.69, 9.17) is 0 Å². The number of piperidine rings is 2. The Balaban J connectivity index is 1.12. The van der Waals surface area contributed by atoms with Gasteiger partial charge in [0.05, 0.1) is 0 Å². The first-order chi connectivity index (χ1) is 17.1. The summed E-state index contributed by atoms with van der Waals surface area (Å²) in [4.78, 5) is 40.9. The number of carbonyl (C=O) groups excluding carboxylic acids is 3. The predicted molar refractivity (Wildman–Crippen MR) is 134 cm³/mol. The minimum Gasteiger partial charge on any atom is -0.322 e. The number of nitrogens with one attached hydrogen (secondary N) is 1. The van der Waals surface area contributed by atoms with E-state index < -0.39 is 6.04 Å². The zero-order valence-electron chi connectivity index (χ0n) is 19.7. The van der Waals surface area contributed by atoms with Crippen molar-refractivity contribution < 1.29 is 14.4 Å². The zero-order valence-corrected chi connectivity index (χ0v) is 19.7. The number of rotatable bonds is 4. The van der Waals surface area contributed by atoms with Gasteiger partial charge in [-0.3, -0.25) is 24.6 Å². The Morgan fingerprint density at radius 2 is 1.69 bits per heavy atom. The number of hydrogen-bond acceptors (Lipinski definition) is 4. The van der Waals surface area contributed by atoms with Gasteiger partial charge < -0.3 is 4.90 Å². The Morgan fingerprint density at radius 3 is 2.51 bits per heavy atom. The van der Waals surface area contributed by atoms with Crippen LogP contribution in [0.4, 0.5) is 0 Å². The third kappa shape index (κ3) is 4.12. The van der Waals surface area contributed by atoms with E-state index in [1.807, 2.05) is 6.07 Å². The lowest BCUT2D eigenvalue weighted by molar-refractivity contribution is -0.136. The van der Waals surface area contributed by atoms with Crippen LogP contribution in [-0.4, -0.2) is 46.7 Å². The van der Waals surface area contributed by atoms with Crippen LogP contribution in [0.5, 0.6) is 0 Å². The number of imide groups is 1. The van der Waals surface area contributed by atoms with Gasteiger partial charge in [-0.1, -0.05) is 54.6 Å². The summed E-state index contributed by atoms with van der Waals surface area (Å²) in [5, 5.41) is 5.00. The summed E-state index contributed by atoms with van der Waals surface area (Å²) in [5.74, 6) is -0.250. The number of fused-ring (bicyclic) bond motifs is 2. The molecule has 3 aromatic carbocycles. The van der Waals surface area contributed by atoms with Gasteiger partial charge in [-0.2, -0.15) is 0 Å². The molecule has 3 aliphatic rings. The molecule has 1 N–H and O–H groups in total.